The number of fused-ring (bicyclic) bond motifs is 1. The second kappa shape index (κ2) is 5.38. The lowest BCUT2D eigenvalue weighted by Crippen LogP contribution is -2.46. The Hall–Kier alpha value is -1.66. The third kappa shape index (κ3) is 2.36. The van der Waals surface area contributed by atoms with E-state index < -0.39 is 0 Å². The number of aliphatic hydroxyl groups excluding tert-OH is 1. The number of hydrogen-bond acceptors (Lipinski definition) is 4. The van der Waals surface area contributed by atoms with E-state index in [0.29, 0.717) is 18.1 Å². The van der Waals surface area contributed by atoms with Crippen LogP contribution in [0.5, 0.6) is 0 Å². The molecule has 6 nitrogen and oxygen atoms in total. The van der Waals surface area contributed by atoms with Crippen LogP contribution < -0.4 is 5.56 Å². The Kier molecular flexibility index (Phi) is 3.58. The molecule has 2 atom stereocenters. The molecule has 0 radical (unpaired) electrons. The summed E-state index contributed by atoms with van der Waals surface area (Å²) in [5.74, 6) is 0.478. The van der Waals surface area contributed by atoms with Crippen LogP contribution >= 0.6 is 0 Å². The number of likely N-dealkylation sites (tertiary alicyclic amines) is 1. The first-order chi connectivity index (χ1) is 9.69. The van der Waals surface area contributed by atoms with Gasteiger partial charge >= 0.3 is 0 Å². The fourth-order valence-electron chi connectivity index (χ4n) is 3.09. The van der Waals surface area contributed by atoms with E-state index >= 15 is 0 Å². The molecule has 0 spiro atoms. The quantitative estimate of drug-likeness (QED) is 0.861. The number of nitrogens with one attached hydrogen (secondary N) is 1. The van der Waals surface area contributed by atoms with Crippen LogP contribution in [0.3, 0.4) is 0 Å². The van der Waals surface area contributed by atoms with Gasteiger partial charge < -0.3 is 5.11 Å². The van der Waals surface area contributed by atoms with Crippen molar-refractivity contribution >= 4 is 5.65 Å². The number of piperidine rings is 1. The molecule has 0 aromatic carbocycles. The average molecular weight is 276 g/mol. The zero-order valence-corrected chi connectivity index (χ0v) is 11.6. The fraction of sp³-hybridized carbons (Fsp3) is 0.571. The lowest BCUT2D eigenvalue weighted by molar-refractivity contribution is 0.0464. The number of nitrogens with zero attached hydrogens (tertiary/aromatic N) is 3. The lowest BCUT2D eigenvalue weighted by Gasteiger charge is -2.38. The number of aromatic amines is 1. The van der Waals surface area contributed by atoms with Crippen molar-refractivity contribution < 1.29 is 5.11 Å². The molecule has 3 heterocycles. The Morgan fingerprint density at radius 3 is 3.20 bits per heavy atom. The highest BCUT2D eigenvalue weighted by molar-refractivity contribution is 5.36. The molecule has 0 aliphatic carbocycles. The number of aromatic nitrogens is 3. The molecule has 20 heavy (non-hydrogen) atoms. The molecule has 1 aliphatic rings. The van der Waals surface area contributed by atoms with E-state index in [1.165, 1.54) is 4.52 Å². The first-order valence-corrected chi connectivity index (χ1v) is 7.10. The van der Waals surface area contributed by atoms with Gasteiger partial charge in [0.15, 0.2) is 5.65 Å². The molecule has 2 aromatic heterocycles. The van der Waals surface area contributed by atoms with E-state index in [-0.39, 0.29) is 18.2 Å². The predicted molar refractivity (Wildman–Crippen MR) is 75.5 cm³/mol. The van der Waals surface area contributed by atoms with Gasteiger partial charge in [-0.3, -0.25) is 14.8 Å². The van der Waals surface area contributed by atoms with Crippen molar-refractivity contribution in [2.75, 3.05) is 13.2 Å². The van der Waals surface area contributed by atoms with Crippen molar-refractivity contribution in [3.63, 3.8) is 0 Å². The van der Waals surface area contributed by atoms with Crippen LogP contribution in [0.15, 0.2) is 23.1 Å². The Bertz CT molecular complexity index is 648. The lowest BCUT2D eigenvalue weighted by atomic mass is 9.91. The molecular formula is C14H20N4O2. The molecule has 6 heteroatoms. The molecule has 0 saturated carbocycles. The largest absolute Gasteiger partial charge is 0.395 e. The van der Waals surface area contributed by atoms with Gasteiger partial charge in [-0.25, -0.2) is 9.50 Å². The maximum absolute atomic E-state index is 11.9. The molecule has 0 bridgehead atoms. The molecule has 2 N–H and O–H groups in total. The number of hydrogen-bond donors (Lipinski definition) is 2. The Morgan fingerprint density at radius 2 is 2.40 bits per heavy atom. The van der Waals surface area contributed by atoms with Gasteiger partial charge in [-0.1, -0.05) is 6.92 Å². The topological polar surface area (TPSA) is 73.6 Å². The average Bonchev–Trinajstić information content (AvgIpc) is 2.88. The monoisotopic (exact) mass is 276 g/mol. The van der Waals surface area contributed by atoms with Crippen LogP contribution in [0.1, 0.15) is 25.5 Å². The number of H-pyrrole nitrogens is 1. The summed E-state index contributed by atoms with van der Waals surface area (Å²) in [4.78, 5) is 18.7. The summed E-state index contributed by atoms with van der Waals surface area (Å²) in [5.41, 5.74) is 1.31. The van der Waals surface area contributed by atoms with Gasteiger partial charge in [0, 0.05) is 30.9 Å². The molecule has 1 fully saturated rings. The number of rotatable bonds is 3. The van der Waals surface area contributed by atoms with Gasteiger partial charge in [0.1, 0.15) is 0 Å². The maximum Gasteiger partial charge on any atom is 0.272 e. The summed E-state index contributed by atoms with van der Waals surface area (Å²) in [6, 6.07) is 3.51. The van der Waals surface area contributed by atoms with Crippen molar-refractivity contribution in [3.8, 4) is 0 Å². The van der Waals surface area contributed by atoms with Crippen LogP contribution in [-0.2, 0) is 6.54 Å². The second-order valence-corrected chi connectivity index (χ2v) is 5.58. The van der Waals surface area contributed by atoms with Gasteiger partial charge in [-0.05, 0) is 25.3 Å². The molecule has 3 rings (SSSR count). The predicted octanol–water partition coefficient (Wildman–Crippen LogP) is 0.615. The van der Waals surface area contributed by atoms with Gasteiger partial charge in [0.25, 0.3) is 5.56 Å². The maximum atomic E-state index is 11.9. The zero-order chi connectivity index (χ0) is 14.1. The standard InChI is InChI=1S/C14H20N4O2/c1-10-3-2-6-17(12(10)9-19)8-11-7-14(20)18-13(16-11)4-5-15-18/h4-5,7,10,12,15,19H,2-3,6,8-9H2,1H3. The van der Waals surface area contributed by atoms with E-state index in [0.717, 1.165) is 25.1 Å². The third-order valence-corrected chi connectivity index (χ3v) is 4.22. The summed E-state index contributed by atoms with van der Waals surface area (Å²) in [6.45, 7) is 3.90. The van der Waals surface area contributed by atoms with Crippen molar-refractivity contribution in [1.29, 1.82) is 0 Å². The highest BCUT2D eigenvalue weighted by atomic mass is 16.3. The second-order valence-electron chi connectivity index (χ2n) is 5.58. The van der Waals surface area contributed by atoms with Gasteiger partial charge in [-0.2, -0.15) is 0 Å². The Balaban J connectivity index is 1.86. The van der Waals surface area contributed by atoms with E-state index in [2.05, 4.69) is 21.9 Å². The van der Waals surface area contributed by atoms with Crippen LogP contribution in [0.2, 0.25) is 0 Å². The van der Waals surface area contributed by atoms with Gasteiger partial charge in [-0.15, -0.1) is 0 Å². The Morgan fingerprint density at radius 1 is 1.55 bits per heavy atom. The normalized spacial score (nSPS) is 24.3. The molecular weight excluding hydrogens is 256 g/mol. The van der Waals surface area contributed by atoms with Crippen molar-refractivity contribution in [1.82, 2.24) is 19.5 Å². The summed E-state index contributed by atoms with van der Waals surface area (Å²) >= 11 is 0. The van der Waals surface area contributed by atoms with Gasteiger partial charge in [0.2, 0.25) is 0 Å². The summed E-state index contributed by atoms with van der Waals surface area (Å²) in [5, 5.41) is 12.4. The summed E-state index contributed by atoms with van der Waals surface area (Å²) in [7, 11) is 0. The Labute approximate surface area is 117 Å². The number of aliphatic hydroxyl groups is 1. The molecule has 0 amide bonds. The van der Waals surface area contributed by atoms with Crippen molar-refractivity contribution in [3.05, 3.63) is 34.4 Å². The van der Waals surface area contributed by atoms with Crippen LogP contribution in [-0.4, -0.2) is 43.8 Å². The minimum atomic E-state index is -0.0967. The van der Waals surface area contributed by atoms with E-state index in [1.807, 2.05) is 0 Å². The first-order valence-electron chi connectivity index (χ1n) is 7.10. The fourth-order valence-corrected chi connectivity index (χ4v) is 3.09. The molecule has 1 aliphatic heterocycles. The minimum absolute atomic E-state index is 0.0967. The van der Waals surface area contributed by atoms with Crippen molar-refractivity contribution in [2.45, 2.75) is 32.4 Å². The minimum Gasteiger partial charge on any atom is -0.395 e. The summed E-state index contributed by atoms with van der Waals surface area (Å²) in [6.07, 6.45) is 3.98. The van der Waals surface area contributed by atoms with E-state index in [4.69, 9.17) is 0 Å². The highest BCUT2D eigenvalue weighted by Gasteiger charge is 2.28. The summed E-state index contributed by atoms with van der Waals surface area (Å²) < 4.78 is 1.42. The van der Waals surface area contributed by atoms with Gasteiger partial charge in [0.05, 0.1) is 12.3 Å². The third-order valence-electron chi connectivity index (χ3n) is 4.22. The molecule has 2 aromatic rings. The van der Waals surface area contributed by atoms with E-state index in [1.54, 1.807) is 18.3 Å². The van der Waals surface area contributed by atoms with E-state index in [9.17, 15) is 9.90 Å². The first kappa shape index (κ1) is 13.3. The van der Waals surface area contributed by atoms with Crippen LogP contribution in [0, 0.1) is 5.92 Å². The van der Waals surface area contributed by atoms with Crippen LogP contribution in [0.4, 0.5) is 0 Å². The SMILES string of the molecule is CC1CCCN(Cc2cc(=O)n3[nH]ccc3n2)C1CO. The smallest absolute Gasteiger partial charge is 0.272 e. The zero-order valence-electron chi connectivity index (χ0n) is 11.6. The molecule has 1 saturated heterocycles. The highest BCUT2D eigenvalue weighted by Crippen LogP contribution is 2.24. The molecule has 2 unspecified atom stereocenters. The van der Waals surface area contributed by atoms with Crippen LogP contribution in [0.25, 0.3) is 5.65 Å². The molecule has 108 valence electrons. The van der Waals surface area contributed by atoms with Crippen molar-refractivity contribution in [2.24, 2.45) is 5.92 Å².